The largest absolute Gasteiger partial charge is 0.357 e. The van der Waals surface area contributed by atoms with Crippen LogP contribution in [0.2, 0.25) is 0 Å². The van der Waals surface area contributed by atoms with E-state index in [4.69, 9.17) is 0 Å². The van der Waals surface area contributed by atoms with E-state index >= 15 is 0 Å². The van der Waals surface area contributed by atoms with E-state index in [1.165, 1.54) is 7.05 Å². The average Bonchev–Trinajstić information content (AvgIpc) is 2.40. The third kappa shape index (κ3) is 1.48. The highest BCUT2D eigenvalue weighted by atomic mass is 16.2. The van der Waals surface area contributed by atoms with Gasteiger partial charge in [0.05, 0.1) is 11.4 Å². The topological polar surface area (TPSA) is 64.0 Å². The molecule has 0 aromatic rings. The molecule has 5 nitrogen and oxygen atoms in total. The van der Waals surface area contributed by atoms with Crippen LogP contribution in [0.4, 0.5) is 4.79 Å². The van der Waals surface area contributed by atoms with E-state index in [1.807, 2.05) is 0 Å². The first-order chi connectivity index (χ1) is 7.24. The maximum Gasteiger partial charge on any atom is 0.357 e. The lowest BCUT2D eigenvalue weighted by atomic mass is 10.3. The standard InChI is InChI=1S/C10H9N3O2/c1-11-9(14)13-8-6-4-2-3-5-7(8)12-10(13)15/h2-6H,1H3,(H,11,14). The maximum absolute atomic E-state index is 11.4. The summed E-state index contributed by atoms with van der Waals surface area (Å²) in [7, 11) is 1.47. The van der Waals surface area contributed by atoms with Crippen molar-refractivity contribution in [1.29, 1.82) is 0 Å². The highest BCUT2D eigenvalue weighted by Gasteiger charge is 2.16. The van der Waals surface area contributed by atoms with Crippen molar-refractivity contribution in [2.24, 2.45) is 0 Å². The first kappa shape index (κ1) is 9.39. The van der Waals surface area contributed by atoms with Crippen LogP contribution in [0.25, 0.3) is 11.4 Å². The van der Waals surface area contributed by atoms with E-state index in [1.54, 1.807) is 30.3 Å². The van der Waals surface area contributed by atoms with E-state index in [0.717, 1.165) is 4.57 Å². The van der Waals surface area contributed by atoms with Crippen LogP contribution < -0.4 is 11.0 Å². The number of nitrogens with zero attached hydrogens (tertiary/aromatic N) is 2. The molecule has 2 rings (SSSR count). The zero-order valence-corrected chi connectivity index (χ0v) is 8.10. The van der Waals surface area contributed by atoms with Gasteiger partial charge in [-0.2, -0.15) is 4.98 Å². The summed E-state index contributed by atoms with van der Waals surface area (Å²) in [5.41, 5.74) is 0.452. The molecule has 76 valence electrons. The zero-order chi connectivity index (χ0) is 10.8. The first-order valence-electron chi connectivity index (χ1n) is 4.44. The number of nitrogens with one attached hydrogen (secondary N) is 1. The van der Waals surface area contributed by atoms with E-state index in [-0.39, 0.29) is 0 Å². The van der Waals surface area contributed by atoms with E-state index in [2.05, 4.69) is 10.3 Å². The predicted octanol–water partition coefficient (Wildman–Crippen LogP) is 0.536. The number of fused-ring (bicyclic) bond motifs is 1. The SMILES string of the molecule is CNC(=O)n1c2cccccc-2nc1=O. The van der Waals surface area contributed by atoms with Gasteiger partial charge in [-0.25, -0.2) is 14.2 Å². The zero-order valence-electron chi connectivity index (χ0n) is 8.10. The second kappa shape index (κ2) is 3.53. The summed E-state index contributed by atoms with van der Waals surface area (Å²) in [5.74, 6) is 0. The van der Waals surface area contributed by atoms with Gasteiger partial charge in [-0.15, -0.1) is 0 Å². The first-order valence-corrected chi connectivity index (χ1v) is 4.44. The summed E-state index contributed by atoms with van der Waals surface area (Å²) in [6.45, 7) is 0. The lowest BCUT2D eigenvalue weighted by Gasteiger charge is -2.00. The fourth-order valence-corrected chi connectivity index (χ4v) is 1.38. The Hall–Kier alpha value is -2.17. The fourth-order valence-electron chi connectivity index (χ4n) is 1.38. The smallest absolute Gasteiger partial charge is 0.340 e. The Kier molecular flexibility index (Phi) is 2.21. The van der Waals surface area contributed by atoms with Crippen LogP contribution in [-0.2, 0) is 0 Å². The maximum atomic E-state index is 11.4. The van der Waals surface area contributed by atoms with Gasteiger partial charge in [-0.3, -0.25) is 0 Å². The molecule has 0 aromatic heterocycles. The Morgan fingerprint density at radius 1 is 1.33 bits per heavy atom. The van der Waals surface area contributed by atoms with Crippen LogP contribution in [0.1, 0.15) is 0 Å². The molecule has 0 fully saturated rings. The minimum atomic E-state index is -0.560. The van der Waals surface area contributed by atoms with Gasteiger partial charge in [0, 0.05) is 7.05 Å². The number of hydrogen-bond donors (Lipinski definition) is 1. The summed E-state index contributed by atoms with van der Waals surface area (Å²) in [6.07, 6.45) is 0. The van der Waals surface area contributed by atoms with Crippen molar-refractivity contribution in [3.63, 3.8) is 0 Å². The number of carbonyl (C=O) groups excluding carboxylic acids is 1. The van der Waals surface area contributed by atoms with Gasteiger partial charge in [0.2, 0.25) is 0 Å². The molecule has 1 aliphatic heterocycles. The quantitative estimate of drug-likeness (QED) is 0.679. The third-order valence-electron chi connectivity index (χ3n) is 2.06. The molecule has 0 spiro atoms. The van der Waals surface area contributed by atoms with Crippen molar-refractivity contribution in [2.75, 3.05) is 7.05 Å². The molecule has 1 aliphatic carbocycles. The van der Waals surface area contributed by atoms with Crippen LogP contribution in [0.5, 0.6) is 0 Å². The Morgan fingerprint density at radius 2 is 2.07 bits per heavy atom. The van der Waals surface area contributed by atoms with Crippen molar-refractivity contribution >= 4 is 6.03 Å². The summed E-state index contributed by atoms with van der Waals surface area (Å²) < 4.78 is 1.01. The molecule has 15 heavy (non-hydrogen) atoms. The minimum absolute atomic E-state index is 0.478. The Morgan fingerprint density at radius 3 is 2.80 bits per heavy atom. The molecule has 0 saturated carbocycles. The molecule has 0 atom stereocenters. The van der Waals surface area contributed by atoms with Crippen molar-refractivity contribution in [3.8, 4) is 11.4 Å². The number of imidazole rings is 1. The molecule has 1 amide bonds. The van der Waals surface area contributed by atoms with Crippen molar-refractivity contribution in [3.05, 3.63) is 40.8 Å². The summed E-state index contributed by atoms with van der Waals surface area (Å²) in [4.78, 5) is 26.6. The Balaban J connectivity index is 2.74. The molecule has 0 unspecified atom stereocenters. The van der Waals surface area contributed by atoms with Gasteiger partial charge in [0.1, 0.15) is 0 Å². The molecule has 2 aliphatic rings. The molecule has 0 saturated heterocycles. The molecule has 0 radical (unpaired) electrons. The van der Waals surface area contributed by atoms with Crippen molar-refractivity contribution in [1.82, 2.24) is 14.9 Å². The summed E-state index contributed by atoms with van der Waals surface area (Å²) in [5, 5.41) is 2.39. The highest BCUT2D eigenvalue weighted by molar-refractivity contribution is 5.81. The van der Waals surface area contributed by atoms with Gasteiger partial charge in [-0.05, 0) is 12.1 Å². The van der Waals surface area contributed by atoms with E-state index in [9.17, 15) is 9.59 Å². The monoisotopic (exact) mass is 203 g/mol. The second-order valence-corrected chi connectivity index (χ2v) is 2.97. The van der Waals surface area contributed by atoms with Gasteiger partial charge < -0.3 is 5.32 Å². The van der Waals surface area contributed by atoms with Crippen molar-refractivity contribution < 1.29 is 4.79 Å². The summed E-state index contributed by atoms with van der Waals surface area (Å²) in [6, 6.07) is 8.22. The van der Waals surface area contributed by atoms with Gasteiger partial charge in [-0.1, -0.05) is 18.2 Å². The minimum Gasteiger partial charge on any atom is -0.340 e. The molecule has 1 heterocycles. The number of amides is 1. The number of rotatable bonds is 0. The fraction of sp³-hybridized carbons (Fsp3) is 0.100. The molecule has 0 aromatic carbocycles. The predicted molar refractivity (Wildman–Crippen MR) is 55.0 cm³/mol. The van der Waals surface area contributed by atoms with Gasteiger partial charge in [0.15, 0.2) is 0 Å². The average molecular weight is 203 g/mol. The van der Waals surface area contributed by atoms with Gasteiger partial charge >= 0.3 is 11.7 Å². The number of hydrogen-bond acceptors (Lipinski definition) is 3. The van der Waals surface area contributed by atoms with Crippen LogP contribution in [-0.4, -0.2) is 22.6 Å². The highest BCUT2D eigenvalue weighted by Crippen LogP contribution is 2.14. The van der Waals surface area contributed by atoms with Crippen molar-refractivity contribution in [2.45, 2.75) is 0 Å². The normalized spacial score (nSPS) is 10.2. The lowest BCUT2D eigenvalue weighted by Crippen LogP contribution is -2.32. The Labute approximate surface area is 85.7 Å². The lowest BCUT2D eigenvalue weighted by molar-refractivity contribution is 0.244. The number of aromatic nitrogens is 2. The third-order valence-corrected chi connectivity index (χ3v) is 2.06. The van der Waals surface area contributed by atoms with Gasteiger partial charge in [0.25, 0.3) is 0 Å². The van der Waals surface area contributed by atoms with Crippen LogP contribution in [0.15, 0.2) is 35.1 Å². The molecule has 5 heteroatoms. The van der Waals surface area contributed by atoms with Crippen LogP contribution in [0, 0.1) is 0 Å². The number of carbonyl (C=O) groups is 1. The summed E-state index contributed by atoms with van der Waals surface area (Å²) >= 11 is 0. The van der Waals surface area contributed by atoms with Crippen LogP contribution in [0.3, 0.4) is 0 Å². The Bertz CT molecular complexity index is 533. The molecular weight excluding hydrogens is 194 g/mol. The second-order valence-electron chi connectivity index (χ2n) is 2.97. The molecule has 1 N–H and O–H groups in total. The van der Waals surface area contributed by atoms with Crippen LogP contribution >= 0.6 is 0 Å². The molecule has 0 bridgehead atoms. The van der Waals surface area contributed by atoms with E-state index in [0.29, 0.717) is 11.4 Å². The molecular formula is C10H9N3O2. The van der Waals surface area contributed by atoms with E-state index < -0.39 is 11.7 Å².